The van der Waals surface area contributed by atoms with Crippen LogP contribution in [0.2, 0.25) is 0 Å². The van der Waals surface area contributed by atoms with Crippen LogP contribution in [0.25, 0.3) is 0 Å². The van der Waals surface area contributed by atoms with Crippen molar-refractivity contribution < 1.29 is 19.0 Å². The van der Waals surface area contributed by atoms with E-state index in [9.17, 15) is 4.79 Å². The number of nitrogens with one attached hydrogen (secondary N) is 1. The molecule has 0 saturated heterocycles. The Labute approximate surface area is 170 Å². The first-order chi connectivity index (χ1) is 14.3. The van der Waals surface area contributed by atoms with Crippen molar-refractivity contribution in [2.24, 2.45) is 0 Å². The van der Waals surface area contributed by atoms with E-state index in [1.54, 1.807) is 30.6 Å². The van der Waals surface area contributed by atoms with Gasteiger partial charge in [0.1, 0.15) is 19.0 Å². The van der Waals surface area contributed by atoms with Gasteiger partial charge in [-0.1, -0.05) is 24.3 Å². The molecular weight excluding hydrogens is 368 g/mol. The smallest absolute Gasteiger partial charge is 0.251 e. The summed E-state index contributed by atoms with van der Waals surface area (Å²) >= 11 is 0. The minimum absolute atomic E-state index is 0.186. The second-order valence-corrected chi connectivity index (χ2v) is 6.15. The van der Waals surface area contributed by atoms with Crippen molar-refractivity contribution >= 4 is 5.91 Å². The molecule has 2 aromatic carbocycles. The van der Waals surface area contributed by atoms with Crippen LogP contribution in [0.1, 0.15) is 22.8 Å². The predicted octanol–water partition coefficient (Wildman–Crippen LogP) is 3.87. The van der Waals surface area contributed by atoms with Crippen molar-refractivity contribution in [1.82, 2.24) is 10.3 Å². The molecule has 0 aliphatic heterocycles. The van der Waals surface area contributed by atoms with Gasteiger partial charge in [0.15, 0.2) is 11.5 Å². The molecule has 6 nitrogen and oxygen atoms in total. The highest BCUT2D eigenvalue weighted by atomic mass is 16.5. The molecule has 0 aliphatic carbocycles. The van der Waals surface area contributed by atoms with Crippen molar-refractivity contribution in [3.63, 3.8) is 0 Å². The van der Waals surface area contributed by atoms with Gasteiger partial charge < -0.3 is 19.5 Å². The van der Waals surface area contributed by atoms with Crippen molar-refractivity contribution in [2.75, 3.05) is 19.8 Å². The summed E-state index contributed by atoms with van der Waals surface area (Å²) in [6.45, 7) is 3.53. The summed E-state index contributed by atoms with van der Waals surface area (Å²) in [6, 6.07) is 18.5. The molecule has 0 unspecified atom stereocenters. The fourth-order valence-electron chi connectivity index (χ4n) is 2.65. The van der Waals surface area contributed by atoms with Gasteiger partial charge >= 0.3 is 0 Å². The zero-order valence-electron chi connectivity index (χ0n) is 16.3. The number of carbonyl (C=O) groups is 1. The van der Waals surface area contributed by atoms with E-state index in [1.165, 1.54) is 0 Å². The first-order valence-corrected chi connectivity index (χ1v) is 9.51. The number of pyridine rings is 1. The van der Waals surface area contributed by atoms with E-state index in [1.807, 2.05) is 49.4 Å². The minimum Gasteiger partial charge on any atom is -0.490 e. The van der Waals surface area contributed by atoms with Crippen molar-refractivity contribution in [2.45, 2.75) is 13.5 Å². The molecule has 6 heteroatoms. The zero-order chi connectivity index (χ0) is 20.3. The number of carbonyl (C=O) groups excluding carboxylic acids is 1. The molecule has 0 saturated carbocycles. The standard InChI is InChI=1S/C23H24N2O4/c1-2-27-22-15-19(23(26)25-17-18-7-6-12-24-16-18)10-11-21(22)29-14-13-28-20-8-4-3-5-9-20/h3-12,15-16H,2,13-14,17H2,1H3,(H,25,26). The predicted molar refractivity (Wildman–Crippen MR) is 110 cm³/mol. The molecule has 1 amide bonds. The number of rotatable bonds is 10. The zero-order valence-corrected chi connectivity index (χ0v) is 16.3. The average Bonchev–Trinajstić information content (AvgIpc) is 2.77. The summed E-state index contributed by atoms with van der Waals surface area (Å²) in [5.41, 5.74) is 1.44. The van der Waals surface area contributed by atoms with Gasteiger partial charge in [-0.25, -0.2) is 0 Å². The summed E-state index contributed by atoms with van der Waals surface area (Å²) < 4.78 is 17.1. The second kappa shape index (κ2) is 10.7. The van der Waals surface area contributed by atoms with Gasteiger partial charge in [0.2, 0.25) is 0 Å². The van der Waals surface area contributed by atoms with E-state index in [0.29, 0.717) is 43.4 Å². The molecule has 1 heterocycles. The van der Waals surface area contributed by atoms with Gasteiger partial charge in [-0.3, -0.25) is 9.78 Å². The Morgan fingerprint density at radius 3 is 2.52 bits per heavy atom. The molecule has 0 fully saturated rings. The van der Waals surface area contributed by atoms with Crippen LogP contribution in [-0.2, 0) is 6.54 Å². The third-order valence-electron chi connectivity index (χ3n) is 4.03. The van der Waals surface area contributed by atoms with E-state index < -0.39 is 0 Å². The van der Waals surface area contributed by atoms with Crippen LogP contribution in [-0.4, -0.2) is 30.7 Å². The molecule has 3 rings (SSSR count). The Morgan fingerprint density at radius 2 is 1.76 bits per heavy atom. The van der Waals surface area contributed by atoms with Crippen LogP contribution >= 0.6 is 0 Å². The Kier molecular flexibility index (Phi) is 7.46. The van der Waals surface area contributed by atoms with E-state index in [0.717, 1.165) is 11.3 Å². The topological polar surface area (TPSA) is 69.7 Å². The summed E-state index contributed by atoms with van der Waals surface area (Å²) in [4.78, 5) is 16.5. The summed E-state index contributed by atoms with van der Waals surface area (Å²) in [5.74, 6) is 1.71. The van der Waals surface area contributed by atoms with E-state index in [4.69, 9.17) is 14.2 Å². The highest BCUT2D eigenvalue weighted by molar-refractivity contribution is 5.94. The second-order valence-electron chi connectivity index (χ2n) is 6.15. The number of nitrogens with zero attached hydrogens (tertiary/aromatic N) is 1. The van der Waals surface area contributed by atoms with Gasteiger partial charge in [-0.15, -0.1) is 0 Å². The lowest BCUT2D eigenvalue weighted by molar-refractivity contribution is 0.0950. The molecule has 3 aromatic rings. The maximum atomic E-state index is 12.5. The fraction of sp³-hybridized carbons (Fsp3) is 0.217. The number of benzene rings is 2. The van der Waals surface area contributed by atoms with Gasteiger partial charge in [0.05, 0.1) is 6.61 Å². The monoisotopic (exact) mass is 392 g/mol. The largest absolute Gasteiger partial charge is 0.490 e. The highest BCUT2D eigenvalue weighted by Crippen LogP contribution is 2.28. The minimum atomic E-state index is -0.186. The average molecular weight is 392 g/mol. The van der Waals surface area contributed by atoms with E-state index in [-0.39, 0.29) is 5.91 Å². The first-order valence-electron chi connectivity index (χ1n) is 9.51. The molecule has 1 aromatic heterocycles. The molecule has 0 spiro atoms. The molecule has 150 valence electrons. The van der Waals surface area contributed by atoms with Crippen LogP contribution in [0.4, 0.5) is 0 Å². The normalized spacial score (nSPS) is 10.2. The Morgan fingerprint density at radius 1 is 0.931 bits per heavy atom. The summed E-state index contributed by atoms with van der Waals surface area (Å²) in [6.07, 6.45) is 3.42. The summed E-state index contributed by atoms with van der Waals surface area (Å²) in [7, 11) is 0. The van der Waals surface area contributed by atoms with Crippen LogP contribution in [0, 0.1) is 0 Å². The number of amides is 1. The lowest BCUT2D eigenvalue weighted by atomic mass is 10.2. The summed E-state index contributed by atoms with van der Waals surface area (Å²) in [5, 5.41) is 2.88. The van der Waals surface area contributed by atoms with Crippen molar-refractivity contribution in [3.8, 4) is 17.2 Å². The number of para-hydroxylation sites is 1. The molecular formula is C23H24N2O4. The van der Waals surface area contributed by atoms with E-state index >= 15 is 0 Å². The van der Waals surface area contributed by atoms with E-state index in [2.05, 4.69) is 10.3 Å². The first kappa shape index (κ1) is 20.2. The van der Waals surface area contributed by atoms with Gasteiger partial charge in [-0.2, -0.15) is 0 Å². The maximum absolute atomic E-state index is 12.5. The SMILES string of the molecule is CCOc1cc(C(=O)NCc2cccnc2)ccc1OCCOc1ccccc1. The number of aromatic nitrogens is 1. The Bertz CT molecular complexity index is 901. The molecule has 0 aliphatic rings. The number of hydrogen-bond acceptors (Lipinski definition) is 5. The van der Waals surface area contributed by atoms with Crippen LogP contribution in [0.5, 0.6) is 17.2 Å². The van der Waals surface area contributed by atoms with Crippen LogP contribution in [0.3, 0.4) is 0 Å². The van der Waals surface area contributed by atoms with Crippen molar-refractivity contribution in [3.05, 3.63) is 84.2 Å². The van der Waals surface area contributed by atoms with Crippen LogP contribution < -0.4 is 19.5 Å². The molecule has 1 N–H and O–H groups in total. The number of ether oxygens (including phenoxy) is 3. The Hall–Kier alpha value is -3.54. The fourth-order valence-corrected chi connectivity index (χ4v) is 2.65. The lowest BCUT2D eigenvalue weighted by Crippen LogP contribution is -2.23. The molecule has 29 heavy (non-hydrogen) atoms. The Balaban J connectivity index is 1.56. The number of hydrogen-bond donors (Lipinski definition) is 1. The highest BCUT2D eigenvalue weighted by Gasteiger charge is 2.12. The third kappa shape index (κ3) is 6.24. The van der Waals surface area contributed by atoms with Crippen molar-refractivity contribution in [1.29, 1.82) is 0 Å². The quantitative estimate of drug-likeness (QED) is 0.531. The van der Waals surface area contributed by atoms with Crippen LogP contribution in [0.15, 0.2) is 73.1 Å². The lowest BCUT2D eigenvalue weighted by Gasteiger charge is -2.14. The van der Waals surface area contributed by atoms with Gasteiger partial charge in [-0.05, 0) is 48.9 Å². The molecule has 0 radical (unpaired) electrons. The maximum Gasteiger partial charge on any atom is 0.251 e. The third-order valence-corrected chi connectivity index (χ3v) is 4.03. The van der Waals surface area contributed by atoms with Gasteiger partial charge in [0.25, 0.3) is 5.91 Å². The molecule has 0 bridgehead atoms. The molecule has 0 atom stereocenters. The van der Waals surface area contributed by atoms with Gasteiger partial charge in [0, 0.05) is 24.5 Å².